The molecule has 13 heteroatoms. The first-order chi connectivity index (χ1) is 11.6. The normalized spacial score (nSPS) is 11.3. The van der Waals surface area contributed by atoms with Gasteiger partial charge in [-0.3, -0.25) is 20.2 Å². The molecular formula is C12H17BrN4O7S. The molecule has 0 amide bonds. The molecule has 1 aromatic rings. The number of nitrogens with two attached hydrogens (primary N) is 1. The summed E-state index contributed by atoms with van der Waals surface area (Å²) in [5, 5.41) is 28.1. The summed E-state index contributed by atoms with van der Waals surface area (Å²) in [5.74, 6) is 0. The zero-order valence-corrected chi connectivity index (χ0v) is 15.7. The summed E-state index contributed by atoms with van der Waals surface area (Å²) in [6.07, 6.45) is 0.600. The number of halogens is 1. The number of hydrogen-bond donors (Lipinski definition) is 1. The molecule has 0 spiro atoms. The Hall–Kier alpha value is -1.83. The van der Waals surface area contributed by atoms with E-state index in [1.54, 1.807) is 0 Å². The number of nitrogens with zero attached hydrogens (tertiary/aromatic N) is 3. The van der Waals surface area contributed by atoms with E-state index in [2.05, 4.69) is 15.9 Å². The summed E-state index contributed by atoms with van der Waals surface area (Å²) in [5.41, 5.74) is -1.59. The fraction of sp³-hybridized carbons (Fsp3) is 0.500. The van der Waals surface area contributed by atoms with Crippen LogP contribution in [0.3, 0.4) is 0 Å². The van der Waals surface area contributed by atoms with Crippen molar-refractivity contribution in [3.63, 3.8) is 0 Å². The summed E-state index contributed by atoms with van der Waals surface area (Å²) < 4.78 is 28.3. The van der Waals surface area contributed by atoms with Crippen molar-refractivity contribution < 1.29 is 23.0 Å². The summed E-state index contributed by atoms with van der Waals surface area (Å²) in [6, 6.07) is 1.48. The second-order valence-electron chi connectivity index (χ2n) is 4.89. The van der Waals surface area contributed by atoms with Gasteiger partial charge in [0.2, 0.25) is 10.0 Å². The van der Waals surface area contributed by atoms with E-state index >= 15 is 0 Å². The lowest BCUT2D eigenvalue weighted by atomic mass is 10.2. The molecule has 2 N–H and O–H groups in total. The largest absolute Gasteiger partial charge is 0.383 e. The number of rotatable bonds is 10. The third-order valence-corrected chi connectivity index (χ3v) is 4.72. The van der Waals surface area contributed by atoms with Crippen LogP contribution in [0, 0.1) is 20.2 Å². The number of sulfonamides is 1. The highest BCUT2D eigenvalue weighted by Crippen LogP contribution is 2.37. The number of hydrogen-bond acceptors (Lipinski definition) is 8. The van der Waals surface area contributed by atoms with E-state index in [0.29, 0.717) is 24.4 Å². The van der Waals surface area contributed by atoms with Gasteiger partial charge in [-0.2, -0.15) is 0 Å². The van der Waals surface area contributed by atoms with Crippen LogP contribution in [0.4, 0.5) is 17.1 Å². The average molecular weight is 441 g/mol. The highest BCUT2D eigenvalue weighted by atomic mass is 79.9. The Labute approximate surface area is 152 Å². The van der Waals surface area contributed by atoms with Gasteiger partial charge in [0.1, 0.15) is 5.69 Å². The van der Waals surface area contributed by atoms with Crippen LogP contribution >= 0.6 is 15.9 Å². The molecule has 25 heavy (non-hydrogen) atoms. The first-order valence-corrected chi connectivity index (χ1v) is 9.59. The Morgan fingerprint density at radius 1 is 1.20 bits per heavy atom. The van der Waals surface area contributed by atoms with Crippen LogP contribution in [-0.2, 0) is 14.8 Å². The predicted octanol–water partition coefficient (Wildman–Crippen LogP) is 1.39. The van der Waals surface area contributed by atoms with Crippen LogP contribution in [0.1, 0.15) is 6.42 Å². The Balaban J connectivity index is 3.63. The van der Waals surface area contributed by atoms with Crippen molar-refractivity contribution in [3.05, 3.63) is 32.4 Å². The summed E-state index contributed by atoms with van der Waals surface area (Å²) >= 11 is 3.25. The molecule has 1 aromatic carbocycles. The van der Waals surface area contributed by atoms with Gasteiger partial charge in [0, 0.05) is 25.5 Å². The molecule has 0 saturated heterocycles. The van der Waals surface area contributed by atoms with Crippen LogP contribution in [0.25, 0.3) is 0 Å². The van der Waals surface area contributed by atoms with Gasteiger partial charge in [-0.15, -0.1) is 0 Å². The minimum absolute atomic E-state index is 0.0716. The summed E-state index contributed by atoms with van der Waals surface area (Å²) in [7, 11) is -3.00. The van der Waals surface area contributed by atoms with Gasteiger partial charge in [-0.25, -0.2) is 13.6 Å². The average Bonchev–Trinajstić information content (AvgIpc) is 2.52. The maximum atomic E-state index is 11.7. The van der Waals surface area contributed by atoms with Crippen LogP contribution in [-0.4, -0.2) is 50.4 Å². The van der Waals surface area contributed by atoms with E-state index in [4.69, 9.17) is 9.88 Å². The molecule has 0 atom stereocenters. The lowest BCUT2D eigenvalue weighted by molar-refractivity contribution is -0.395. The smallest absolute Gasteiger partial charge is 0.299 e. The van der Waals surface area contributed by atoms with Crippen molar-refractivity contribution in [2.24, 2.45) is 5.14 Å². The molecule has 0 saturated carbocycles. The molecule has 0 aliphatic carbocycles. The second-order valence-corrected chi connectivity index (χ2v) is 7.21. The summed E-state index contributed by atoms with van der Waals surface area (Å²) in [6.45, 7) is 0.796. The molecule has 0 radical (unpaired) electrons. The Bertz CT molecular complexity index is 748. The SMILES string of the molecule is COCCN(CCCBr)c1cc(S(N)(=O)=O)c([N+](=O)[O-])cc1[N+](=O)[O-]. The lowest BCUT2D eigenvalue weighted by Gasteiger charge is -2.24. The molecule has 0 aliphatic rings. The van der Waals surface area contributed by atoms with E-state index in [0.717, 1.165) is 6.07 Å². The first kappa shape index (κ1) is 21.2. The zero-order chi connectivity index (χ0) is 19.2. The van der Waals surface area contributed by atoms with Gasteiger partial charge in [0.15, 0.2) is 4.90 Å². The van der Waals surface area contributed by atoms with Crippen molar-refractivity contribution in [2.75, 3.05) is 37.0 Å². The predicted molar refractivity (Wildman–Crippen MR) is 93.6 cm³/mol. The molecule has 140 valence electrons. The van der Waals surface area contributed by atoms with E-state index in [-0.39, 0.29) is 18.8 Å². The van der Waals surface area contributed by atoms with E-state index in [1.807, 2.05) is 0 Å². The Morgan fingerprint density at radius 2 is 1.80 bits per heavy atom. The van der Waals surface area contributed by atoms with Crippen LogP contribution < -0.4 is 10.0 Å². The van der Waals surface area contributed by atoms with Crippen molar-refractivity contribution in [3.8, 4) is 0 Å². The maximum absolute atomic E-state index is 11.7. The number of methoxy groups -OCH3 is 1. The zero-order valence-electron chi connectivity index (χ0n) is 13.3. The Kier molecular flexibility index (Phi) is 7.66. The van der Waals surface area contributed by atoms with Crippen molar-refractivity contribution >= 4 is 43.0 Å². The number of alkyl halides is 1. The van der Waals surface area contributed by atoms with Gasteiger partial charge >= 0.3 is 0 Å². The quantitative estimate of drug-likeness (QED) is 0.324. The number of ether oxygens (including phenoxy) is 1. The van der Waals surface area contributed by atoms with Crippen LogP contribution in [0.5, 0.6) is 0 Å². The molecule has 11 nitrogen and oxygen atoms in total. The van der Waals surface area contributed by atoms with Crippen LogP contribution in [0.2, 0.25) is 0 Å². The molecular weight excluding hydrogens is 424 g/mol. The molecule has 0 fully saturated rings. The topological polar surface area (TPSA) is 159 Å². The monoisotopic (exact) mass is 440 g/mol. The minimum atomic E-state index is -4.45. The third kappa shape index (κ3) is 5.59. The van der Waals surface area contributed by atoms with Crippen molar-refractivity contribution in [1.29, 1.82) is 0 Å². The van der Waals surface area contributed by atoms with Crippen molar-refractivity contribution in [2.45, 2.75) is 11.3 Å². The maximum Gasteiger partial charge on any atom is 0.299 e. The van der Waals surface area contributed by atoms with Gasteiger partial charge in [0.25, 0.3) is 11.4 Å². The second kappa shape index (κ2) is 9.03. The van der Waals surface area contributed by atoms with Gasteiger partial charge in [-0.05, 0) is 12.5 Å². The number of nitro benzene ring substituents is 2. The van der Waals surface area contributed by atoms with Gasteiger partial charge in [0.05, 0.1) is 22.5 Å². The van der Waals surface area contributed by atoms with E-state index in [1.165, 1.54) is 12.0 Å². The number of nitro groups is 2. The lowest BCUT2D eigenvalue weighted by Crippen LogP contribution is -2.29. The highest BCUT2D eigenvalue weighted by molar-refractivity contribution is 9.09. The molecule has 0 aromatic heterocycles. The summed E-state index contributed by atoms with van der Waals surface area (Å²) in [4.78, 5) is 21.4. The fourth-order valence-corrected chi connectivity index (χ4v) is 3.07. The molecule has 1 rings (SSSR count). The molecule has 0 aliphatic heterocycles. The van der Waals surface area contributed by atoms with Crippen LogP contribution in [0.15, 0.2) is 17.0 Å². The molecule has 0 unspecified atom stereocenters. The first-order valence-electron chi connectivity index (χ1n) is 6.93. The number of primary sulfonamides is 1. The molecule has 0 bridgehead atoms. The fourth-order valence-electron chi connectivity index (χ4n) is 2.12. The number of benzene rings is 1. The minimum Gasteiger partial charge on any atom is -0.383 e. The van der Waals surface area contributed by atoms with E-state index in [9.17, 15) is 28.6 Å². The number of anilines is 1. The third-order valence-electron chi connectivity index (χ3n) is 3.22. The molecule has 0 heterocycles. The van der Waals surface area contributed by atoms with E-state index < -0.39 is 36.1 Å². The van der Waals surface area contributed by atoms with Gasteiger partial charge < -0.3 is 9.64 Å². The Morgan fingerprint density at radius 3 is 2.24 bits per heavy atom. The standard InChI is InChI=1S/C12H17BrN4O7S/c1-24-6-5-15(4-2-3-13)9-8-12(25(14,22)23)11(17(20)21)7-10(9)16(18)19/h7-8H,2-6H2,1H3,(H2,14,22,23). The van der Waals surface area contributed by atoms with Gasteiger partial charge in [-0.1, -0.05) is 15.9 Å². The highest BCUT2D eigenvalue weighted by Gasteiger charge is 2.31. The van der Waals surface area contributed by atoms with Crippen molar-refractivity contribution in [1.82, 2.24) is 0 Å².